The highest BCUT2D eigenvalue weighted by molar-refractivity contribution is 5.96. The van der Waals surface area contributed by atoms with Crippen molar-refractivity contribution >= 4 is 28.5 Å². The average Bonchev–Trinajstić information content (AvgIpc) is 2.62. The number of hydrogen-bond donors (Lipinski definition) is 1. The molecule has 0 unspecified atom stereocenters. The summed E-state index contributed by atoms with van der Waals surface area (Å²) in [6.07, 6.45) is 2.44. The van der Waals surface area contributed by atoms with Crippen molar-refractivity contribution in [2.75, 3.05) is 12.3 Å². The van der Waals surface area contributed by atoms with E-state index >= 15 is 0 Å². The molecule has 7 nitrogen and oxygen atoms in total. The number of rotatable bonds is 4. The van der Waals surface area contributed by atoms with Crippen molar-refractivity contribution in [3.63, 3.8) is 0 Å². The van der Waals surface area contributed by atoms with Crippen LogP contribution in [-0.4, -0.2) is 22.0 Å². The fraction of sp³-hybridized carbons (Fsp3) is 0.368. The van der Waals surface area contributed by atoms with Gasteiger partial charge in [0.15, 0.2) is 0 Å². The van der Waals surface area contributed by atoms with E-state index in [1.165, 1.54) is 10.5 Å². The molecule has 1 atom stereocenters. The van der Waals surface area contributed by atoms with Crippen LogP contribution < -0.4 is 15.9 Å². The van der Waals surface area contributed by atoms with Crippen molar-refractivity contribution in [3.8, 4) is 0 Å². The first-order valence-corrected chi connectivity index (χ1v) is 8.73. The van der Waals surface area contributed by atoms with Crippen molar-refractivity contribution in [2.45, 2.75) is 40.2 Å². The van der Waals surface area contributed by atoms with Crippen LogP contribution >= 0.6 is 0 Å². The molecular weight excluding hydrogens is 332 g/mol. The number of ether oxygens (including phenoxy) is 1. The van der Waals surface area contributed by atoms with E-state index in [-0.39, 0.29) is 29.6 Å². The summed E-state index contributed by atoms with van der Waals surface area (Å²) in [4.78, 5) is 30.1. The highest BCUT2D eigenvalue weighted by Crippen LogP contribution is 2.19. The van der Waals surface area contributed by atoms with Crippen molar-refractivity contribution < 1.29 is 14.1 Å². The maximum Gasteiger partial charge on any atom is 0.344 e. The van der Waals surface area contributed by atoms with E-state index in [2.05, 4.69) is 0 Å². The molecule has 7 heteroatoms. The quantitative estimate of drug-likeness (QED) is 0.440. The Morgan fingerprint density at radius 1 is 1.42 bits per heavy atom. The topological polar surface area (TPSA) is 90.6 Å². The fourth-order valence-corrected chi connectivity index (χ4v) is 3.07. The third-order valence-corrected chi connectivity index (χ3v) is 4.64. The minimum atomic E-state index is -0.544. The van der Waals surface area contributed by atoms with Gasteiger partial charge in [0.1, 0.15) is 10.9 Å². The summed E-state index contributed by atoms with van der Waals surface area (Å²) in [7, 11) is 0. The first-order valence-electron chi connectivity index (χ1n) is 8.73. The Bertz CT molecular complexity index is 1070. The fourth-order valence-electron chi connectivity index (χ4n) is 3.07. The molecule has 0 aliphatic rings. The van der Waals surface area contributed by atoms with Gasteiger partial charge in [0.05, 0.1) is 12.6 Å². The second-order valence-electron chi connectivity index (χ2n) is 6.33. The number of esters is 1. The van der Waals surface area contributed by atoms with Gasteiger partial charge in [0, 0.05) is 11.8 Å². The number of aryl methyl sites for hydroxylation is 1. The molecule has 0 fully saturated rings. The molecule has 0 aliphatic carbocycles. The average molecular weight is 355 g/mol. The van der Waals surface area contributed by atoms with Gasteiger partial charge in [-0.25, -0.2) is 9.36 Å². The van der Waals surface area contributed by atoms with Crippen LogP contribution in [0.2, 0.25) is 0 Å². The molecule has 3 rings (SSSR count). The molecule has 3 aromatic rings. The molecular formula is C19H23N4O3+. The molecule has 0 saturated heterocycles. The summed E-state index contributed by atoms with van der Waals surface area (Å²) < 4.78 is 8.36. The smallest absolute Gasteiger partial charge is 0.344 e. The van der Waals surface area contributed by atoms with Crippen molar-refractivity contribution in [3.05, 3.63) is 45.9 Å². The molecule has 0 radical (unpaired) electrons. The van der Waals surface area contributed by atoms with Crippen LogP contribution in [0, 0.1) is 6.92 Å². The first-order chi connectivity index (χ1) is 12.4. The Hall–Kier alpha value is -2.96. The van der Waals surface area contributed by atoms with E-state index < -0.39 is 5.97 Å². The highest BCUT2D eigenvalue weighted by atomic mass is 16.5. The van der Waals surface area contributed by atoms with E-state index in [9.17, 15) is 9.59 Å². The second-order valence-corrected chi connectivity index (χ2v) is 6.33. The maximum absolute atomic E-state index is 13.1. The predicted molar refractivity (Wildman–Crippen MR) is 99.3 cm³/mol. The van der Waals surface area contributed by atoms with Crippen LogP contribution in [0.3, 0.4) is 0 Å². The number of nitrogens with two attached hydrogens (primary N) is 1. The summed E-state index contributed by atoms with van der Waals surface area (Å²) in [5.41, 5.74) is 8.18. The predicted octanol–water partition coefficient (Wildman–Crippen LogP) is 2.17. The Balaban J connectivity index is 2.51. The van der Waals surface area contributed by atoms with Gasteiger partial charge in [-0.3, -0.25) is 9.20 Å². The lowest BCUT2D eigenvalue weighted by molar-refractivity contribution is -0.683. The molecule has 0 bridgehead atoms. The third kappa shape index (κ3) is 2.69. The molecule has 0 aromatic carbocycles. The molecule has 3 heterocycles. The third-order valence-electron chi connectivity index (χ3n) is 4.64. The van der Waals surface area contributed by atoms with Gasteiger partial charge in [-0.05, 0) is 39.3 Å². The summed E-state index contributed by atoms with van der Waals surface area (Å²) in [5.74, 6) is -0.284. The lowest BCUT2D eigenvalue weighted by Gasteiger charge is -2.16. The van der Waals surface area contributed by atoms with Crippen LogP contribution in [0.1, 0.15) is 49.2 Å². The summed E-state index contributed by atoms with van der Waals surface area (Å²) in [5, 5.41) is 0.339. The SMILES string of the molecule is CCOC(=O)c1cc2c(=O)n3cccc(C)c3nc2[n+]([C@@H](C)CC)c1N. The number of carbonyl (C=O) groups excluding carboxylic acids is 1. The van der Waals surface area contributed by atoms with Gasteiger partial charge >= 0.3 is 5.97 Å². The number of hydrogen-bond acceptors (Lipinski definition) is 5. The number of anilines is 1. The van der Waals surface area contributed by atoms with Crippen LogP contribution in [0.25, 0.3) is 16.7 Å². The van der Waals surface area contributed by atoms with Gasteiger partial charge in [0.2, 0.25) is 11.5 Å². The largest absolute Gasteiger partial charge is 0.462 e. The second kappa shape index (κ2) is 6.74. The molecule has 0 saturated carbocycles. The lowest BCUT2D eigenvalue weighted by Crippen LogP contribution is -2.44. The van der Waals surface area contributed by atoms with E-state index in [1.54, 1.807) is 23.8 Å². The number of fused-ring (bicyclic) bond motifs is 2. The first kappa shape index (κ1) is 17.8. The summed E-state index contributed by atoms with van der Waals surface area (Å²) in [6, 6.07) is 5.15. The van der Waals surface area contributed by atoms with E-state index in [1.807, 2.05) is 26.8 Å². The standard InChI is InChI=1S/C19H22N4O3/c1-5-12(4)23-15(20)13(19(25)26-6-2)10-14-17(23)21-16-11(3)8-7-9-22(16)18(14)24/h7-10,12,20H,5-6H2,1-4H3/p+1/t12-/m0/s1. The maximum atomic E-state index is 13.1. The number of nitrogens with zero attached hydrogens (tertiary/aromatic N) is 3. The number of aromatic nitrogens is 3. The number of pyridine rings is 2. The zero-order valence-corrected chi connectivity index (χ0v) is 15.4. The zero-order chi connectivity index (χ0) is 19.0. The minimum Gasteiger partial charge on any atom is -0.462 e. The molecule has 0 aliphatic heterocycles. The van der Waals surface area contributed by atoms with E-state index in [0.29, 0.717) is 16.7 Å². The Labute approximate surface area is 151 Å². The molecule has 0 amide bonds. The van der Waals surface area contributed by atoms with Gasteiger partial charge < -0.3 is 10.5 Å². The Morgan fingerprint density at radius 3 is 2.81 bits per heavy atom. The highest BCUT2D eigenvalue weighted by Gasteiger charge is 2.27. The molecule has 0 spiro atoms. The van der Waals surface area contributed by atoms with Gasteiger partial charge in [-0.15, -0.1) is 0 Å². The van der Waals surface area contributed by atoms with Crippen molar-refractivity contribution in [1.29, 1.82) is 0 Å². The molecule has 26 heavy (non-hydrogen) atoms. The van der Waals surface area contributed by atoms with Gasteiger partial charge in [-0.2, -0.15) is 0 Å². The van der Waals surface area contributed by atoms with Crippen LogP contribution in [-0.2, 0) is 4.74 Å². The van der Waals surface area contributed by atoms with E-state index in [0.717, 1.165) is 12.0 Å². The lowest BCUT2D eigenvalue weighted by atomic mass is 10.1. The monoisotopic (exact) mass is 355 g/mol. The number of nitrogen functional groups attached to an aromatic ring is 1. The molecule has 3 aromatic heterocycles. The van der Waals surface area contributed by atoms with Crippen LogP contribution in [0.15, 0.2) is 29.2 Å². The van der Waals surface area contributed by atoms with Gasteiger partial charge in [-0.1, -0.05) is 18.0 Å². The minimum absolute atomic E-state index is 0.0368. The van der Waals surface area contributed by atoms with E-state index in [4.69, 9.17) is 15.5 Å². The van der Waals surface area contributed by atoms with Crippen molar-refractivity contribution in [1.82, 2.24) is 9.38 Å². The van der Waals surface area contributed by atoms with Crippen molar-refractivity contribution in [2.24, 2.45) is 0 Å². The van der Waals surface area contributed by atoms with Gasteiger partial charge in [0.25, 0.3) is 11.2 Å². The Kier molecular flexibility index (Phi) is 4.63. The summed E-state index contributed by atoms with van der Waals surface area (Å²) in [6.45, 7) is 7.85. The van der Waals surface area contributed by atoms with Crippen LogP contribution in [0.4, 0.5) is 5.82 Å². The Morgan fingerprint density at radius 2 is 2.15 bits per heavy atom. The number of carbonyl (C=O) groups is 1. The summed E-state index contributed by atoms with van der Waals surface area (Å²) >= 11 is 0. The normalized spacial score (nSPS) is 12.5. The zero-order valence-electron chi connectivity index (χ0n) is 15.4. The van der Waals surface area contributed by atoms with Crippen LogP contribution in [0.5, 0.6) is 0 Å². The molecule has 136 valence electrons. The molecule has 2 N–H and O–H groups in total.